The van der Waals surface area contributed by atoms with Gasteiger partial charge in [-0.25, -0.2) is 0 Å². The van der Waals surface area contributed by atoms with Crippen molar-refractivity contribution in [1.29, 1.82) is 0 Å². The van der Waals surface area contributed by atoms with E-state index in [2.05, 4.69) is 12.1 Å². The number of Topliss-reactive ketones (excluding diaryl/α,β-unsaturated/α-hetero) is 1. The fourth-order valence-electron chi connectivity index (χ4n) is 2.40. The Bertz CT molecular complexity index is 587. The highest BCUT2D eigenvalue weighted by molar-refractivity contribution is 6.02. The average molecular weight is 282 g/mol. The summed E-state index contributed by atoms with van der Waals surface area (Å²) < 4.78 is 5.66. The van der Waals surface area contributed by atoms with Crippen molar-refractivity contribution < 1.29 is 9.53 Å². The highest BCUT2D eigenvalue weighted by Gasteiger charge is 2.32. The van der Waals surface area contributed by atoms with Gasteiger partial charge >= 0.3 is 0 Å². The lowest BCUT2D eigenvalue weighted by atomic mass is 9.91. The summed E-state index contributed by atoms with van der Waals surface area (Å²) in [6, 6.07) is 17.9. The predicted octanol–water partition coefficient (Wildman–Crippen LogP) is 4.74. The molecule has 2 aromatic carbocycles. The van der Waals surface area contributed by atoms with Gasteiger partial charge in [0.05, 0.1) is 0 Å². The smallest absolute Gasteiger partial charge is 0.194 e. The minimum atomic E-state index is -0.733. The Hall–Kier alpha value is -1.93. The number of ether oxygens (including phenoxy) is 1. The molecule has 0 aliphatic carbocycles. The van der Waals surface area contributed by atoms with E-state index in [9.17, 15) is 4.79 Å². The monoisotopic (exact) mass is 282 g/mol. The van der Waals surface area contributed by atoms with Crippen molar-refractivity contribution >= 4 is 5.78 Å². The number of ketones is 1. The molecule has 110 valence electrons. The van der Waals surface area contributed by atoms with Crippen LogP contribution in [0.5, 0.6) is 0 Å². The first-order chi connectivity index (χ1) is 10.1. The van der Waals surface area contributed by atoms with E-state index in [1.54, 1.807) is 0 Å². The van der Waals surface area contributed by atoms with Crippen molar-refractivity contribution in [3.8, 4) is 11.1 Å². The molecular weight excluding hydrogens is 260 g/mol. The molecule has 0 N–H and O–H groups in total. The normalized spacial score (nSPS) is 13.7. The molecule has 0 bridgehead atoms. The molecule has 1 atom stereocenters. The van der Waals surface area contributed by atoms with E-state index < -0.39 is 5.60 Å². The van der Waals surface area contributed by atoms with Crippen LogP contribution in [0.25, 0.3) is 11.1 Å². The quantitative estimate of drug-likeness (QED) is 0.715. The molecule has 0 amide bonds. The van der Waals surface area contributed by atoms with Crippen LogP contribution in [0.3, 0.4) is 0 Å². The van der Waals surface area contributed by atoms with Gasteiger partial charge in [-0.2, -0.15) is 0 Å². The van der Waals surface area contributed by atoms with Crippen LogP contribution < -0.4 is 0 Å². The van der Waals surface area contributed by atoms with E-state index in [4.69, 9.17) is 4.74 Å². The summed E-state index contributed by atoms with van der Waals surface area (Å²) in [5, 5.41) is 0. The maximum Gasteiger partial charge on any atom is 0.194 e. The van der Waals surface area contributed by atoms with Crippen LogP contribution >= 0.6 is 0 Å². The Morgan fingerprint density at radius 2 is 1.52 bits per heavy atom. The third-order valence-corrected chi connectivity index (χ3v) is 3.87. The van der Waals surface area contributed by atoms with Crippen LogP contribution in [0, 0.1) is 0 Å². The lowest BCUT2D eigenvalue weighted by Gasteiger charge is -2.26. The molecule has 0 saturated heterocycles. The van der Waals surface area contributed by atoms with Crippen LogP contribution in [0.1, 0.15) is 37.6 Å². The summed E-state index contributed by atoms with van der Waals surface area (Å²) in [6.07, 6.45) is 0.667. The van der Waals surface area contributed by atoms with E-state index in [1.807, 2.05) is 63.2 Å². The molecule has 1 unspecified atom stereocenters. The molecule has 21 heavy (non-hydrogen) atoms. The summed E-state index contributed by atoms with van der Waals surface area (Å²) in [4.78, 5) is 12.6. The molecule has 0 spiro atoms. The van der Waals surface area contributed by atoms with E-state index in [0.717, 1.165) is 11.1 Å². The molecule has 0 aliphatic rings. The van der Waals surface area contributed by atoms with E-state index in [0.29, 0.717) is 18.6 Å². The second kappa shape index (κ2) is 6.68. The molecule has 2 aromatic rings. The Kier molecular flexibility index (Phi) is 4.92. The predicted molar refractivity (Wildman–Crippen MR) is 86.5 cm³/mol. The van der Waals surface area contributed by atoms with Crippen LogP contribution in [-0.4, -0.2) is 18.0 Å². The average Bonchev–Trinajstić information content (AvgIpc) is 2.55. The molecule has 0 fully saturated rings. The van der Waals surface area contributed by atoms with Gasteiger partial charge in [0.25, 0.3) is 0 Å². The molecule has 0 aliphatic heterocycles. The van der Waals surface area contributed by atoms with Gasteiger partial charge in [-0.15, -0.1) is 0 Å². The zero-order chi connectivity index (χ0) is 15.3. The molecule has 0 heterocycles. The minimum Gasteiger partial charge on any atom is -0.367 e. The van der Waals surface area contributed by atoms with Crippen LogP contribution in [0.4, 0.5) is 0 Å². The van der Waals surface area contributed by atoms with E-state index in [-0.39, 0.29) is 5.78 Å². The minimum absolute atomic E-state index is 0.0476. The number of benzene rings is 2. The lowest BCUT2D eigenvalue weighted by molar-refractivity contribution is -0.0116. The molecule has 2 heteroatoms. The molecular formula is C19H22O2. The van der Waals surface area contributed by atoms with Gasteiger partial charge in [-0.1, -0.05) is 61.5 Å². The third-order valence-electron chi connectivity index (χ3n) is 3.87. The zero-order valence-corrected chi connectivity index (χ0v) is 12.9. The van der Waals surface area contributed by atoms with Gasteiger partial charge in [0.1, 0.15) is 5.60 Å². The van der Waals surface area contributed by atoms with Gasteiger partial charge in [0.2, 0.25) is 0 Å². The first-order valence-corrected chi connectivity index (χ1v) is 7.45. The van der Waals surface area contributed by atoms with Gasteiger partial charge in [-0.3, -0.25) is 4.79 Å². The number of hydrogen-bond acceptors (Lipinski definition) is 2. The second-order valence-electron chi connectivity index (χ2n) is 5.29. The maximum atomic E-state index is 12.6. The second-order valence-corrected chi connectivity index (χ2v) is 5.29. The number of carbonyl (C=O) groups is 1. The fraction of sp³-hybridized carbons (Fsp3) is 0.316. The Labute approximate surface area is 126 Å². The zero-order valence-electron chi connectivity index (χ0n) is 12.9. The van der Waals surface area contributed by atoms with Crippen molar-refractivity contribution in [2.24, 2.45) is 0 Å². The van der Waals surface area contributed by atoms with E-state index in [1.165, 1.54) is 0 Å². The van der Waals surface area contributed by atoms with Crippen molar-refractivity contribution in [2.75, 3.05) is 6.61 Å². The lowest BCUT2D eigenvalue weighted by Crippen LogP contribution is -2.37. The summed E-state index contributed by atoms with van der Waals surface area (Å²) in [5.74, 6) is 0.0476. The molecule has 2 nitrogen and oxygen atoms in total. The highest BCUT2D eigenvalue weighted by atomic mass is 16.5. The van der Waals surface area contributed by atoms with Crippen molar-refractivity contribution in [2.45, 2.75) is 32.8 Å². The molecule has 0 radical (unpaired) electrons. The molecule has 0 aromatic heterocycles. The standard InChI is InChI=1S/C19H22O2/c1-4-19(3,21-5-2)18(20)17-13-11-16(12-14-17)15-9-7-6-8-10-15/h6-14H,4-5H2,1-3H3. The van der Waals surface area contributed by atoms with Crippen molar-refractivity contribution in [3.63, 3.8) is 0 Å². The van der Waals surface area contributed by atoms with Gasteiger partial charge in [0.15, 0.2) is 5.78 Å². The molecule has 2 rings (SSSR count). The van der Waals surface area contributed by atoms with Crippen molar-refractivity contribution in [3.05, 3.63) is 60.2 Å². The number of carbonyl (C=O) groups excluding carboxylic acids is 1. The SMILES string of the molecule is CCOC(C)(CC)C(=O)c1ccc(-c2ccccc2)cc1. The largest absolute Gasteiger partial charge is 0.367 e. The highest BCUT2D eigenvalue weighted by Crippen LogP contribution is 2.24. The van der Waals surface area contributed by atoms with Crippen LogP contribution in [-0.2, 0) is 4.74 Å². The summed E-state index contributed by atoms with van der Waals surface area (Å²) in [5.41, 5.74) is 2.23. The summed E-state index contributed by atoms with van der Waals surface area (Å²) in [7, 11) is 0. The van der Waals surface area contributed by atoms with Crippen LogP contribution in [0.15, 0.2) is 54.6 Å². The Morgan fingerprint density at radius 3 is 2.05 bits per heavy atom. The van der Waals surface area contributed by atoms with Gasteiger partial charge in [-0.05, 0) is 31.4 Å². The summed E-state index contributed by atoms with van der Waals surface area (Å²) >= 11 is 0. The maximum absolute atomic E-state index is 12.6. The first-order valence-electron chi connectivity index (χ1n) is 7.45. The fourth-order valence-corrected chi connectivity index (χ4v) is 2.40. The first kappa shape index (κ1) is 15.5. The van der Waals surface area contributed by atoms with E-state index >= 15 is 0 Å². The molecule has 0 saturated carbocycles. The Balaban J connectivity index is 2.25. The number of hydrogen-bond donors (Lipinski definition) is 0. The Morgan fingerprint density at radius 1 is 0.952 bits per heavy atom. The summed E-state index contributed by atoms with van der Waals surface area (Å²) in [6.45, 7) is 6.30. The number of rotatable bonds is 6. The van der Waals surface area contributed by atoms with Gasteiger partial charge < -0.3 is 4.74 Å². The third kappa shape index (κ3) is 3.40. The topological polar surface area (TPSA) is 26.3 Å². The van der Waals surface area contributed by atoms with Crippen LogP contribution in [0.2, 0.25) is 0 Å². The van der Waals surface area contributed by atoms with Crippen molar-refractivity contribution in [1.82, 2.24) is 0 Å². The van der Waals surface area contributed by atoms with Gasteiger partial charge in [0, 0.05) is 12.2 Å².